The van der Waals surface area contributed by atoms with E-state index in [1.54, 1.807) is 18.3 Å². The normalized spacial score (nSPS) is 12.9. The van der Waals surface area contributed by atoms with E-state index in [-0.39, 0.29) is 6.42 Å². The van der Waals surface area contributed by atoms with Gasteiger partial charge in [0.2, 0.25) is 11.8 Å². The number of hydrogen-bond donors (Lipinski definition) is 1. The van der Waals surface area contributed by atoms with Gasteiger partial charge in [-0.05, 0) is 50.6 Å². The first kappa shape index (κ1) is 23.3. The minimum Gasteiger partial charge on any atom is -0.494 e. The molecule has 8 heteroatoms. The van der Waals surface area contributed by atoms with Crippen molar-refractivity contribution < 1.29 is 28.5 Å². The quantitative estimate of drug-likeness (QED) is 0.475. The Morgan fingerprint density at radius 1 is 1.16 bits per heavy atom. The molecule has 0 bridgehead atoms. The van der Waals surface area contributed by atoms with Crippen molar-refractivity contribution in [1.29, 1.82) is 0 Å². The monoisotopic (exact) mass is 440 g/mol. The molecule has 0 aliphatic heterocycles. The summed E-state index contributed by atoms with van der Waals surface area (Å²) in [5.74, 6) is 1.54. The van der Waals surface area contributed by atoms with Crippen molar-refractivity contribution >= 4 is 5.97 Å². The Kier molecular flexibility index (Phi) is 7.48. The highest BCUT2D eigenvalue weighted by molar-refractivity contribution is 5.77. The Balaban J connectivity index is 1.56. The molecule has 1 aromatic carbocycles. The van der Waals surface area contributed by atoms with Gasteiger partial charge < -0.3 is 23.7 Å². The fraction of sp³-hybridized carbons (Fsp3) is 0.375. The highest BCUT2D eigenvalue weighted by Crippen LogP contribution is 2.24. The number of pyridine rings is 1. The van der Waals surface area contributed by atoms with Gasteiger partial charge in [-0.15, -0.1) is 0 Å². The second-order valence-electron chi connectivity index (χ2n) is 7.50. The molecule has 0 fully saturated rings. The molecule has 1 N–H and O–H groups in total. The molecule has 0 aliphatic rings. The molecule has 1 unspecified atom stereocenters. The summed E-state index contributed by atoms with van der Waals surface area (Å²) in [7, 11) is 1.38. The van der Waals surface area contributed by atoms with Gasteiger partial charge >= 0.3 is 5.97 Å². The average Bonchev–Trinajstić information content (AvgIpc) is 3.16. The maximum Gasteiger partial charge on any atom is 0.336 e. The van der Waals surface area contributed by atoms with Gasteiger partial charge in [-0.25, -0.2) is 14.8 Å². The van der Waals surface area contributed by atoms with Crippen molar-refractivity contribution in [1.82, 2.24) is 9.97 Å². The predicted octanol–water partition coefficient (Wildman–Crippen LogP) is 4.10. The standard InChI is InChI=1S/C24H28N2O6/c1-5-30-19-9-7-18(8-10-19)22-26-20(16(2)32-22)12-13-31-21-11-6-17(15-25-21)14-24(3,29-4)23(27)28/h6-11,15H,5,12-14H2,1-4H3,(H,27,28). The Bertz CT molecular complexity index is 1030. The van der Waals surface area contributed by atoms with E-state index >= 15 is 0 Å². The van der Waals surface area contributed by atoms with Crippen molar-refractivity contribution in [2.45, 2.75) is 39.2 Å². The van der Waals surface area contributed by atoms with Crippen LogP contribution in [0.2, 0.25) is 0 Å². The molecule has 8 nitrogen and oxygen atoms in total. The van der Waals surface area contributed by atoms with E-state index in [4.69, 9.17) is 18.6 Å². The zero-order valence-corrected chi connectivity index (χ0v) is 18.8. The number of ether oxygens (including phenoxy) is 3. The van der Waals surface area contributed by atoms with Gasteiger partial charge in [-0.3, -0.25) is 0 Å². The molecule has 2 aromatic heterocycles. The second kappa shape index (κ2) is 10.3. The molecule has 0 spiro atoms. The molecule has 0 amide bonds. The summed E-state index contributed by atoms with van der Waals surface area (Å²) in [6, 6.07) is 11.1. The Morgan fingerprint density at radius 2 is 1.91 bits per heavy atom. The molecular weight excluding hydrogens is 412 g/mol. The largest absolute Gasteiger partial charge is 0.494 e. The number of benzene rings is 1. The number of aliphatic carboxylic acids is 1. The van der Waals surface area contributed by atoms with Crippen molar-refractivity contribution in [2.24, 2.45) is 0 Å². The number of oxazole rings is 1. The van der Waals surface area contributed by atoms with Gasteiger partial charge in [0.1, 0.15) is 11.5 Å². The molecule has 0 radical (unpaired) electrons. The molecule has 3 aromatic rings. The van der Waals surface area contributed by atoms with Gasteiger partial charge in [-0.2, -0.15) is 0 Å². The van der Waals surface area contributed by atoms with Gasteiger partial charge in [0.05, 0.1) is 18.9 Å². The summed E-state index contributed by atoms with van der Waals surface area (Å²) in [5, 5.41) is 9.31. The Morgan fingerprint density at radius 3 is 2.50 bits per heavy atom. The van der Waals surface area contributed by atoms with E-state index < -0.39 is 11.6 Å². The zero-order valence-electron chi connectivity index (χ0n) is 18.8. The summed E-state index contributed by atoms with van der Waals surface area (Å²) >= 11 is 0. The van der Waals surface area contributed by atoms with Crippen molar-refractivity contribution in [2.75, 3.05) is 20.3 Å². The number of rotatable bonds is 11. The molecule has 1 atom stereocenters. The first-order valence-corrected chi connectivity index (χ1v) is 10.4. The van der Waals surface area contributed by atoms with Crippen LogP contribution in [0.15, 0.2) is 47.0 Å². The summed E-state index contributed by atoms with van der Waals surface area (Å²) in [4.78, 5) is 20.2. The molecule has 0 saturated carbocycles. The van der Waals surface area contributed by atoms with Gasteiger partial charge in [0.15, 0.2) is 5.60 Å². The van der Waals surface area contributed by atoms with Crippen LogP contribution in [0.4, 0.5) is 0 Å². The molecular formula is C24H28N2O6. The number of hydrogen-bond acceptors (Lipinski definition) is 7. The maximum absolute atomic E-state index is 11.4. The van der Waals surface area contributed by atoms with Crippen LogP contribution < -0.4 is 9.47 Å². The zero-order chi connectivity index (χ0) is 23.1. The van der Waals surface area contributed by atoms with Crippen LogP contribution in [0.3, 0.4) is 0 Å². The number of nitrogens with zero attached hydrogens (tertiary/aromatic N) is 2. The lowest BCUT2D eigenvalue weighted by Gasteiger charge is -2.22. The minimum atomic E-state index is -1.30. The number of carboxylic acids is 1. The molecule has 170 valence electrons. The third-order valence-corrected chi connectivity index (χ3v) is 5.14. The smallest absolute Gasteiger partial charge is 0.336 e. The number of aromatic nitrogens is 2. The third kappa shape index (κ3) is 5.64. The molecule has 0 aliphatic carbocycles. The van der Waals surface area contributed by atoms with E-state index in [0.717, 1.165) is 28.3 Å². The number of carboxylic acid groups (broad SMARTS) is 1. The van der Waals surface area contributed by atoms with Crippen LogP contribution in [-0.2, 0) is 22.4 Å². The lowest BCUT2D eigenvalue weighted by molar-refractivity contribution is -0.159. The van der Waals surface area contributed by atoms with Crippen molar-refractivity contribution in [3.8, 4) is 23.1 Å². The molecule has 0 saturated heterocycles. The predicted molar refractivity (Wildman–Crippen MR) is 118 cm³/mol. The highest BCUT2D eigenvalue weighted by Gasteiger charge is 2.33. The van der Waals surface area contributed by atoms with Crippen LogP contribution in [-0.4, -0.2) is 47.0 Å². The SMILES string of the molecule is CCOc1ccc(-c2nc(CCOc3ccc(CC(C)(OC)C(=O)O)cn3)c(C)o2)cc1. The Labute approximate surface area is 187 Å². The lowest BCUT2D eigenvalue weighted by Crippen LogP contribution is -2.39. The lowest BCUT2D eigenvalue weighted by atomic mass is 9.97. The summed E-state index contributed by atoms with van der Waals surface area (Å²) in [6.45, 7) is 6.35. The van der Waals surface area contributed by atoms with Gasteiger partial charge in [-0.1, -0.05) is 6.07 Å². The summed E-state index contributed by atoms with van der Waals surface area (Å²) in [6.07, 6.45) is 2.37. The molecule has 32 heavy (non-hydrogen) atoms. The summed E-state index contributed by atoms with van der Waals surface area (Å²) < 4.78 is 22.1. The van der Waals surface area contributed by atoms with E-state index in [1.807, 2.05) is 38.1 Å². The second-order valence-corrected chi connectivity index (χ2v) is 7.50. The number of carbonyl (C=O) groups is 1. The van der Waals surface area contributed by atoms with E-state index in [9.17, 15) is 9.90 Å². The van der Waals surface area contributed by atoms with E-state index in [2.05, 4.69) is 9.97 Å². The summed E-state index contributed by atoms with van der Waals surface area (Å²) in [5.41, 5.74) is 1.15. The van der Waals surface area contributed by atoms with Crippen LogP contribution in [0.1, 0.15) is 30.9 Å². The topological polar surface area (TPSA) is 104 Å². The maximum atomic E-state index is 11.4. The van der Waals surface area contributed by atoms with Crippen LogP contribution in [0.5, 0.6) is 11.6 Å². The fourth-order valence-electron chi connectivity index (χ4n) is 3.12. The minimum absolute atomic E-state index is 0.207. The first-order valence-electron chi connectivity index (χ1n) is 10.4. The van der Waals surface area contributed by atoms with Crippen LogP contribution in [0, 0.1) is 6.92 Å². The van der Waals surface area contributed by atoms with E-state index in [0.29, 0.717) is 31.4 Å². The first-order chi connectivity index (χ1) is 15.3. The average molecular weight is 440 g/mol. The number of methoxy groups -OCH3 is 1. The highest BCUT2D eigenvalue weighted by atomic mass is 16.5. The van der Waals surface area contributed by atoms with E-state index in [1.165, 1.54) is 14.0 Å². The van der Waals surface area contributed by atoms with Gasteiger partial charge in [0.25, 0.3) is 0 Å². The Hall–Kier alpha value is -3.39. The number of aryl methyl sites for hydroxylation is 1. The fourth-order valence-corrected chi connectivity index (χ4v) is 3.12. The van der Waals surface area contributed by atoms with Gasteiger partial charge in [0, 0.05) is 37.8 Å². The van der Waals surface area contributed by atoms with Crippen LogP contribution >= 0.6 is 0 Å². The third-order valence-electron chi connectivity index (χ3n) is 5.14. The molecule has 3 rings (SSSR count). The van der Waals surface area contributed by atoms with Crippen molar-refractivity contribution in [3.63, 3.8) is 0 Å². The van der Waals surface area contributed by atoms with Crippen molar-refractivity contribution in [3.05, 3.63) is 59.6 Å². The van der Waals surface area contributed by atoms with Crippen LogP contribution in [0.25, 0.3) is 11.5 Å². The molecule has 2 heterocycles.